The number of hydrogen-bond acceptors (Lipinski definition) is 7. The Hall–Kier alpha value is -3.89. The zero-order chi connectivity index (χ0) is 29.9. The van der Waals surface area contributed by atoms with Gasteiger partial charge in [-0.3, -0.25) is 4.68 Å². The van der Waals surface area contributed by atoms with E-state index in [9.17, 15) is 0 Å². The van der Waals surface area contributed by atoms with Crippen molar-refractivity contribution in [3.8, 4) is 5.88 Å². The number of rotatable bonds is 9. The van der Waals surface area contributed by atoms with Crippen LogP contribution < -0.4 is 9.64 Å². The van der Waals surface area contributed by atoms with Gasteiger partial charge in [0.1, 0.15) is 18.2 Å². The van der Waals surface area contributed by atoms with E-state index in [1.807, 2.05) is 35.0 Å². The number of anilines is 1. The van der Waals surface area contributed by atoms with Crippen molar-refractivity contribution in [1.29, 1.82) is 0 Å². The third-order valence-corrected chi connectivity index (χ3v) is 8.18. The maximum Gasteiger partial charge on any atom is 0.215 e. The van der Waals surface area contributed by atoms with Gasteiger partial charge in [-0.1, -0.05) is 54.1 Å². The maximum atomic E-state index is 7.00. The molecule has 1 saturated heterocycles. The number of imidazole rings is 1. The third-order valence-electron chi connectivity index (χ3n) is 7.59. The molecule has 0 unspecified atom stereocenters. The number of aliphatic hydroxyl groups is 1. The monoisotopic (exact) mass is 618 g/mol. The second kappa shape index (κ2) is 12.8. The number of halogens is 2. The van der Waals surface area contributed by atoms with Gasteiger partial charge < -0.3 is 24.0 Å². The first-order chi connectivity index (χ1) is 21.0. The van der Waals surface area contributed by atoms with E-state index in [1.54, 1.807) is 12.1 Å². The average molecular weight is 620 g/mol. The molecular weight excluding hydrogens is 587 g/mol. The molecule has 0 spiro atoms. The number of aliphatic hydroxyl groups excluding tert-OH is 1. The number of pyridine rings is 1. The van der Waals surface area contributed by atoms with E-state index in [0.717, 1.165) is 72.9 Å². The van der Waals surface area contributed by atoms with Gasteiger partial charge in [-0.2, -0.15) is 10.1 Å². The first kappa shape index (κ1) is 29.2. The normalized spacial score (nSPS) is 14.3. The molecule has 2 aliphatic rings. The van der Waals surface area contributed by atoms with E-state index in [-0.39, 0.29) is 0 Å². The lowest BCUT2D eigenvalue weighted by molar-refractivity contribution is -0.0392. The Labute approximate surface area is 259 Å². The topological polar surface area (TPSA) is 90.5 Å². The Kier molecular flexibility index (Phi) is 8.67. The van der Waals surface area contributed by atoms with Crippen LogP contribution in [-0.2, 0) is 37.5 Å². The van der Waals surface area contributed by atoms with E-state index in [1.165, 1.54) is 5.56 Å². The van der Waals surface area contributed by atoms with Crippen molar-refractivity contribution in [2.24, 2.45) is 5.92 Å². The Bertz CT molecular complexity index is 1740. The highest BCUT2D eigenvalue weighted by Crippen LogP contribution is 2.29. The zero-order valence-electron chi connectivity index (χ0n) is 23.8. The van der Waals surface area contributed by atoms with Gasteiger partial charge in [-0.25, -0.2) is 4.98 Å². The van der Waals surface area contributed by atoms with Crippen LogP contribution in [0.4, 0.5) is 5.82 Å². The standard InChI is InChI=1S/C31H28Cl2N6O2.CH4O/c1-2-20-6-9-26-28(10-20)39(12-21-17-40-18-21)30(34-26)16-38-14-23-13-37(15-27(23)36-38)29-4-3-5-31(35-29)41-19-22-7-8-24(32)11-25(22)33;1-2/h2-11,14,21H,1,12-13,15-19H2;2H,1H3. The summed E-state index contributed by atoms with van der Waals surface area (Å²) in [6.07, 6.45) is 4.00. The molecule has 43 heavy (non-hydrogen) atoms. The molecule has 2 aromatic carbocycles. The summed E-state index contributed by atoms with van der Waals surface area (Å²) in [5, 5.41) is 13.1. The van der Waals surface area contributed by atoms with Crippen molar-refractivity contribution in [2.75, 3.05) is 25.2 Å². The van der Waals surface area contributed by atoms with Gasteiger partial charge >= 0.3 is 0 Å². The molecule has 3 aromatic heterocycles. The SMILES string of the molecule is C=Cc1ccc2nc(Cn3cc4c(n3)CN(c3cccc(OCc5ccc(Cl)cc5Cl)n3)C4)n(CC3COC3)c2c1.CO. The molecule has 0 bridgehead atoms. The van der Waals surface area contributed by atoms with Crippen molar-refractivity contribution in [2.45, 2.75) is 32.8 Å². The minimum atomic E-state index is 0.312. The number of benzene rings is 2. The van der Waals surface area contributed by atoms with Crippen LogP contribution in [-0.4, -0.2) is 49.7 Å². The Morgan fingerprint density at radius 3 is 2.67 bits per heavy atom. The molecule has 11 heteroatoms. The summed E-state index contributed by atoms with van der Waals surface area (Å²) in [6, 6.07) is 17.5. The fourth-order valence-corrected chi connectivity index (χ4v) is 5.80. The van der Waals surface area contributed by atoms with E-state index >= 15 is 0 Å². The molecule has 222 valence electrons. The van der Waals surface area contributed by atoms with Gasteiger partial charge in [0.05, 0.1) is 43.0 Å². The number of nitrogens with zero attached hydrogens (tertiary/aromatic N) is 6. The molecule has 0 atom stereocenters. The van der Waals surface area contributed by atoms with Crippen molar-refractivity contribution >= 4 is 46.1 Å². The summed E-state index contributed by atoms with van der Waals surface area (Å²) in [4.78, 5) is 11.9. The molecule has 0 aliphatic carbocycles. The van der Waals surface area contributed by atoms with Crippen LogP contribution in [0.5, 0.6) is 5.88 Å². The van der Waals surface area contributed by atoms with E-state index in [2.05, 4.69) is 40.4 Å². The molecule has 5 heterocycles. The lowest BCUT2D eigenvalue weighted by Crippen LogP contribution is -2.32. The van der Waals surface area contributed by atoms with Crippen LogP contribution in [0.1, 0.15) is 28.2 Å². The highest BCUT2D eigenvalue weighted by Gasteiger charge is 2.26. The van der Waals surface area contributed by atoms with Crippen molar-refractivity contribution < 1.29 is 14.6 Å². The van der Waals surface area contributed by atoms with Gasteiger partial charge in [0.2, 0.25) is 5.88 Å². The largest absolute Gasteiger partial charge is 0.473 e. The van der Waals surface area contributed by atoms with Crippen molar-refractivity contribution in [1.82, 2.24) is 24.3 Å². The molecule has 0 saturated carbocycles. The van der Waals surface area contributed by atoms with Gasteiger partial charge in [0, 0.05) is 59.6 Å². The number of aromatic nitrogens is 5. The number of ether oxygens (including phenoxy) is 2. The van der Waals surface area contributed by atoms with E-state index in [4.69, 9.17) is 52.8 Å². The molecular formula is C32H32Cl2N6O3. The van der Waals surface area contributed by atoms with Crippen LogP contribution in [0.15, 0.2) is 67.4 Å². The average Bonchev–Trinajstić information content (AvgIpc) is 3.67. The second-order valence-corrected chi connectivity index (χ2v) is 11.4. The lowest BCUT2D eigenvalue weighted by Gasteiger charge is -2.27. The van der Waals surface area contributed by atoms with Gasteiger partial charge in [0.25, 0.3) is 0 Å². The number of fused-ring (bicyclic) bond motifs is 2. The van der Waals surface area contributed by atoms with Crippen LogP contribution in [0.2, 0.25) is 10.0 Å². The van der Waals surface area contributed by atoms with Crippen LogP contribution in [0.3, 0.4) is 0 Å². The smallest absolute Gasteiger partial charge is 0.215 e. The van der Waals surface area contributed by atoms with Gasteiger partial charge in [-0.15, -0.1) is 0 Å². The van der Waals surface area contributed by atoms with Crippen molar-refractivity contribution in [3.63, 3.8) is 0 Å². The molecule has 5 aromatic rings. The second-order valence-electron chi connectivity index (χ2n) is 10.5. The first-order valence-electron chi connectivity index (χ1n) is 14.0. The molecule has 0 radical (unpaired) electrons. The van der Waals surface area contributed by atoms with Crippen molar-refractivity contribution in [3.05, 3.63) is 106 Å². The van der Waals surface area contributed by atoms with Crippen LogP contribution in [0.25, 0.3) is 17.1 Å². The molecule has 1 N–H and O–H groups in total. The summed E-state index contributed by atoms with van der Waals surface area (Å²) in [6.45, 7) is 8.73. The summed E-state index contributed by atoms with van der Waals surface area (Å²) in [7, 11) is 1.00. The first-order valence-corrected chi connectivity index (χ1v) is 14.8. The predicted octanol–water partition coefficient (Wildman–Crippen LogP) is 5.98. The molecule has 1 fully saturated rings. The Morgan fingerprint density at radius 1 is 1.07 bits per heavy atom. The van der Waals surface area contributed by atoms with E-state index in [0.29, 0.717) is 41.5 Å². The molecule has 7 rings (SSSR count). The minimum Gasteiger partial charge on any atom is -0.473 e. The third kappa shape index (κ3) is 6.26. The van der Waals surface area contributed by atoms with Crippen LogP contribution >= 0.6 is 23.2 Å². The molecule has 9 nitrogen and oxygen atoms in total. The summed E-state index contributed by atoms with van der Waals surface area (Å²) >= 11 is 12.3. The quantitative estimate of drug-likeness (QED) is 0.217. The summed E-state index contributed by atoms with van der Waals surface area (Å²) in [5.41, 5.74) is 6.30. The molecule has 0 amide bonds. The Morgan fingerprint density at radius 2 is 1.93 bits per heavy atom. The fourth-order valence-electron chi connectivity index (χ4n) is 5.34. The maximum absolute atomic E-state index is 7.00. The zero-order valence-corrected chi connectivity index (χ0v) is 25.3. The summed E-state index contributed by atoms with van der Waals surface area (Å²) in [5.74, 6) is 2.89. The van der Waals surface area contributed by atoms with Gasteiger partial charge in [0.15, 0.2) is 0 Å². The highest BCUT2D eigenvalue weighted by atomic mass is 35.5. The Balaban J connectivity index is 0.00000161. The minimum absolute atomic E-state index is 0.312. The van der Waals surface area contributed by atoms with Gasteiger partial charge in [-0.05, 0) is 35.9 Å². The molecule has 2 aliphatic heterocycles. The lowest BCUT2D eigenvalue weighted by atomic mass is 10.1. The highest BCUT2D eigenvalue weighted by molar-refractivity contribution is 6.35. The number of hydrogen-bond donors (Lipinski definition) is 1. The predicted molar refractivity (Wildman–Crippen MR) is 169 cm³/mol. The summed E-state index contributed by atoms with van der Waals surface area (Å²) < 4.78 is 15.7. The van der Waals surface area contributed by atoms with Crippen LogP contribution in [0, 0.1) is 5.92 Å². The fraction of sp³-hybridized carbons (Fsp3) is 0.281. The van der Waals surface area contributed by atoms with E-state index < -0.39 is 0 Å².